The number of hydrogen-bond acceptors (Lipinski definition) is 3. The number of ketones is 1. The highest BCUT2D eigenvalue weighted by Crippen LogP contribution is 2.26. The van der Waals surface area contributed by atoms with E-state index in [0.29, 0.717) is 36.4 Å². The van der Waals surface area contributed by atoms with Gasteiger partial charge in [-0.15, -0.1) is 0 Å². The van der Waals surface area contributed by atoms with E-state index >= 15 is 0 Å². The molecule has 0 saturated carbocycles. The van der Waals surface area contributed by atoms with Crippen LogP contribution in [0.5, 0.6) is 0 Å². The van der Waals surface area contributed by atoms with Crippen LogP contribution in [0.2, 0.25) is 0 Å². The number of aryl methyl sites for hydroxylation is 1. The van der Waals surface area contributed by atoms with E-state index in [0.717, 1.165) is 5.56 Å². The van der Waals surface area contributed by atoms with Crippen molar-refractivity contribution in [1.82, 2.24) is 4.31 Å². The Bertz CT molecular complexity index is 823. The lowest BCUT2D eigenvalue weighted by Crippen LogP contribution is -2.40. The van der Waals surface area contributed by atoms with E-state index < -0.39 is 10.0 Å². The summed E-state index contributed by atoms with van der Waals surface area (Å²) in [5.41, 5.74) is 1.63. The molecule has 0 spiro atoms. The first-order valence-corrected chi connectivity index (χ1v) is 9.58. The highest BCUT2D eigenvalue weighted by molar-refractivity contribution is 7.89. The monoisotopic (exact) mass is 343 g/mol. The number of benzene rings is 2. The van der Waals surface area contributed by atoms with Gasteiger partial charge in [-0.25, -0.2) is 8.42 Å². The first-order chi connectivity index (χ1) is 11.5. The molecule has 1 aliphatic heterocycles. The van der Waals surface area contributed by atoms with Crippen molar-refractivity contribution in [2.45, 2.75) is 24.7 Å². The third-order valence-corrected chi connectivity index (χ3v) is 6.40. The van der Waals surface area contributed by atoms with Crippen LogP contribution in [0.4, 0.5) is 0 Å². The molecule has 2 aromatic carbocycles. The van der Waals surface area contributed by atoms with Crippen molar-refractivity contribution in [1.29, 1.82) is 0 Å². The van der Waals surface area contributed by atoms with Crippen LogP contribution in [0.15, 0.2) is 59.5 Å². The molecule has 0 bridgehead atoms. The van der Waals surface area contributed by atoms with Gasteiger partial charge in [-0.1, -0.05) is 42.5 Å². The Morgan fingerprint density at radius 3 is 2.29 bits per heavy atom. The fourth-order valence-electron chi connectivity index (χ4n) is 3.12. The van der Waals surface area contributed by atoms with Crippen LogP contribution in [-0.2, 0) is 10.0 Å². The second-order valence-corrected chi connectivity index (χ2v) is 8.16. The number of carbonyl (C=O) groups is 1. The second-order valence-electron chi connectivity index (χ2n) is 6.23. The molecule has 4 nitrogen and oxygen atoms in total. The number of Topliss-reactive ketones (excluding diaryl/α,β-unsaturated/α-hetero) is 1. The highest BCUT2D eigenvalue weighted by Gasteiger charge is 2.32. The Hall–Kier alpha value is -1.98. The molecule has 1 heterocycles. The third-order valence-electron chi connectivity index (χ3n) is 4.51. The van der Waals surface area contributed by atoms with Crippen LogP contribution < -0.4 is 0 Å². The summed E-state index contributed by atoms with van der Waals surface area (Å²) in [7, 11) is -3.48. The number of carbonyl (C=O) groups excluding carboxylic acids is 1. The minimum absolute atomic E-state index is 0.101. The smallest absolute Gasteiger partial charge is 0.243 e. The van der Waals surface area contributed by atoms with Crippen molar-refractivity contribution in [3.8, 4) is 0 Å². The van der Waals surface area contributed by atoms with Crippen molar-refractivity contribution >= 4 is 15.8 Å². The Morgan fingerprint density at radius 1 is 1.00 bits per heavy atom. The largest absolute Gasteiger partial charge is 0.294 e. The van der Waals surface area contributed by atoms with Crippen LogP contribution in [0.3, 0.4) is 0 Å². The molecule has 1 saturated heterocycles. The molecular formula is C19H21NO3S. The summed E-state index contributed by atoms with van der Waals surface area (Å²) >= 11 is 0. The summed E-state index contributed by atoms with van der Waals surface area (Å²) in [6.45, 7) is 2.66. The van der Waals surface area contributed by atoms with E-state index in [4.69, 9.17) is 0 Å². The van der Waals surface area contributed by atoms with Gasteiger partial charge in [0.15, 0.2) is 5.78 Å². The highest BCUT2D eigenvalue weighted by atomic mass is 32.2. The fourth-order valence-corrected chi connectivity index (χ4v) is 4.70. The van der Waals surface area contributed by atoms with Gasteiger partial charge >= 0.3 is 0 Å². The molecule has 0 atom stereocenters. The summed E-state index contributed by atoms with van der Waals surface area (Å²) in [6.07, 6.45) is 1.14. The van der Waals surface area contributed by atoms with E-state index in [9.17, 15) is 13.2 Å². The Labute approximate surface area is 143 Å². The molecule has 0 unspecified atom stereocenters. The van der Waals surface area contributed by atoms with Gasteiger partial charge in [0.05, 0.1) is 4.90 Å². The predicted octanol–water partition coefficient (Wildman–Crippen LogP) is 3.28. The maximum Gasteiger partial charge on any atom is 0.243 e. The number of nitrogens with zero attached hydrogens (tertiary/aromatic N) is 1. The van der Waals surface area contributed by atoms with Crippen molar-refractivity contribution < 1.29 is 13.2 Å². The molecule has 24 heavy (non-hydrogen) atoms. The SMILES string of the molecule is Cc1cccc(S(=O)(=O)N2CCC(C(=O)c3ccccc3)CC2)c1. The van der Waals surface area contributed by atoms with Crippen molar-refractivity contribution in [3.63, 3.8) is 0 Å². The summed E-state index contributed by atoms with van der Waals surface area (Å²) in [5, 5.41) is 0. The predicted molar refractivity (Wildman–Crippen MR) is 93.4 cm³/mol. The average molecular weight is 343 g/mol. The minimum Gasteiger partial charge on any atom is -0.294 e. The normalized spacial score (nSPS) is 16.9. The molecule has 0 aliphatic carbocycles. The first kappa shape index (κ1) is 16.9. The van der Waals surface area contributed by atoms with E-state index in [-0.39, 0.29) is 11.7 Å². The average Bonchev–Trinajstić information content (AvgIpc) is 2.62. The summed E-state index contributed by atoms with van der Waals surface area (Å²) in [4.78, 5) is 12.8. The standard InChI is InChI=1S/C19H21NO3S/c1-15-6-5-9-18(14-15)24(22,23)20-12-10-17(11-13-20)19(21)16-7-3-2-4-8-16/h2-9,14,17H,10-13H2,1H3. The maximum atomic E-state index is 12.7. The second kappa shape index (κ2) is 6.87. The molecule has 3 rings (SSSR count). The van der Waals surface area contributed by atoms with Crippen LogP contribution in [0.25, 0.3) is 0 Å². The molecule has 1 fully saturated rings. The summed E-state index contributed by atoms with van der Waals surface area (Å²) < 4.78 is 27.0. The Morgan fingerprint density at radius 2 is 1.67 bits per heavy atom. The topological polar surface area (TPSA) is 54.5 Å². The van der Waals surface area contributed by atoms with Crippen molar-refractivity contribution in [2.75, 3.05) is 13.1 Å². The molecule has 0 amide bonds. The van der Waals surface area contributed by atoms with E-state index in [2.05, 4.69) is 0 Å². The maximum absolute atomic E-state index is 12.7. The quantitative estimate of drug-likeness (QED) is 0.801. The zero-order valence-electron chi connectivity index (χ0n) is 13.7. The van der Waals surface area contributed by atoms with Crippen molar-refractivity contribution in [3.05, 3.63) is 65.7 Å². The van der Waals surface area contributed by atoms with Crippen LogP contribution in [-0.4, -0.2) is 31.6 Å². The molecule has 1 aliphatic rings. The van der Waals surface area contributed by atoms with Gasteiger partial charge in [-0.2, -0.15) is 4.31 Å². The third kappa shape index (κ3) is 3.42. The summed E-state index contributed by atoms with van der Waals surface area (Å²) in [6, 6.07) is 16.2. The van der Waals surface area contributed by atoms with Gasteiger partial charge in [0.25, 0.3) is 0 Å². The lowest BCUT2D eigenvalue weighted by atomic mass is 9.90. The van der Waals surface area contributed by atoms with Gasteiger partial charge in [0.2, 0.25) is 10.0 Å². The van der Waals surface area contributed by atoms with Crippen LogP contribution in [0.1, 0.15) is 28.8 Å². The zero-order valence-corrected chi connectivity index (χ0v) is 14.5. The molecule has 0 aromatic heterocycles. The lowest BCUT2D eigenvalue weighted by molar-refractivity contribution is 0.0875. The molecule has 5 heteroatoms. The van der Waals surface area contributed by atoms with E-state index in [1.54, 1.807) is 18.2 Å². The number of rotatable bonds is 4. The van der Waals surface area contributed by atoms with Gasteiger partial charge in [-0.3, -0.25) is 4.79 Å². The molecule has 0 N–H and O–H groups in total. The minimum atomic E-state index is -3.48. The van der Waals surface area contributed by atoms with Gasteiger partial charge in [0, 0.05) is 24.6 Å². The van der Waals surface area contributed by atoms with E-state index in [1.807, 2.05) is 43.3 Å². The number of sulfonamides is 1. The summed E-state index contributed by atoms with van der Waals surface area (Å²) in [5.74, 6) is 0.0135. The Kier molecular flexibility index (Phi) is 4.83. The lowest BCUT2D eigenvalue weighted by Gasteiger charge is -2.30. The molecular weight excluding hydrogens is 322 g/mol. The molecule has 2 aromatic rings. The van der Waals surface area contributed by atoms with E-state index in [1.165, 1.54) is 4.31 Å². The van der Waals surface area contributed by atoms with Gasteiger partial charge in [-0.05, 0) is 37.5 Å². The zero-order chi connectivity index (χ0) is 17.2. The molecule has 126 valence electrons. The fraction of sp³-hybridized carbons (Fsp3) is 0.316. The first-order valence-electron chi connectivity index (χ1n) is 8.14. The Balaban J connectivity index is 1.70. The number of hydrogen-bond donors (Lipinski definition) is 0. The molecule has 0 radical (unpaired) electrons. The van der Waals surface area contributed by atoms with Crippen LogP contribution in [0, 0.1) is 12.8 Å². The number of piperidine rings is 1. The van der Waals surface area contributed by atoms with Crippen molar-refractivity contribution in [2.24, 2.45) is 5.92 Å². The van der Waals surface area contributed by atoms with Gasteiger partial charge in [0.1, 0.15) is 0 Å². The van der Waals surface area contributed by atoms with Gasteiger partial charge < -0.3 is 0 Å². The van der Waals surface area contributed by atoms with Crippen LogP contribution >= 0.6 is 0 Å².